The van der Waals surface area contributed by atoms with Gasteiger partial charge in [0.1, 0.15) is 0 Å². The summed E-state index contributed by atoms with van der Waals surface area (Å²) in [6.45, 7) is 0. The quantitative estimate of drug-likeness (QED) is 0.174. The molecular weight excluding hydrogens is 722 g/mol. The van der Waals surface area contributed by atoms with Crippen molar-refractivity contribution in [3.8, 4) is 44.5 Å². The van der Waals surface area contributed by atoms with Crippen LogP contribution in [-0.4, -0.2) is 0 Å². The van der Waals surface area contributed by atoms with Crippen molar-refractivity contribution in [2.24, 2.45) is 0 Å². The minimum atomic E-state index is -0.457. The Hall–Kier alpha value is -6.93. The van der Waals surface area contributed by atoms with Crippen molar-refractivity contribution in [3.05, 3.63) is 256 Å². The lowest BCUT2D eigenvalue weighted by Gasteiger charge is -2.33. The summed E-state index contributed by atoms with van der Waals surface area (Å²) in [7, 11) is 0. The first kappa shape index (κ1) is 32.2. The van der Waals surface area contributed by atoms with Crippen LogP contribution in [0, 0.1) is 0 Å². The Labute approximate surface area is 343 Å². The number of nitrogens with zero attached hydrogens (tertiary/aromatic N) is 1. The van der Waals surface area contributed by atoms with Crippen LogP contribution in [0.3, 0.4) is 0 Å². The molecule has 0 bridgehead atoms. The Morgan fingerprint density at radius 2 is 0.603 bits per heavy atom. The Bertz CT molecular complexity index is 2940. The van der Waals surface area contributed by atoms with Gasteiger partial charge in [0.2, 0.25) is 0 Å². The van der Waals surface area contributed by atoms with E-state index in [1.165, 1.54) is 89.0 Å². The number of fused-ring (bicyclic) bond motifs is 20. The molecule has 2 heteroatoms. The van der Waals surface area contributed by atoms with Gasteiger partial charge in [0.25, 0.3) is 0 Å². The predicted molar refractivity (Wildman–Crippen MR) is 239 cm³/mol. The summed E-state index contributed by atoms with van der Waals surface area (Å²) in [5.74, 6) is 0. The van der Waals surface area contributed by atoms with Gasteiger partial charge in [-0.2, -0.15) is 0 Å². The summed E-state index contributed by atoms with van der Waals surface area (Å²) in [4.78, 5) is 2.49. The maximum absolute atomic E-state index is 6.96. The number of benzene rings is 9. The molecule has 1 nitrogen and oxygen atoms in total. The van der Waals surface area contributed by atoms with Crippen molar-refractivity contribution in [3.63, 3.8) is 0 Å². The first-order valence-corrected chi connectivity index (χ1v) is 20.5. The highest BCUT2D eigenvalue weighted by molar-refractivity contribution is 6.31. The number of anilines is 3. The lowest BCUT2D eigenvalue weighted by molar-refractivity contribution is 0.793. The fourth-order valence-electron chi connectivity index (χ4n) is 11.6. The average Bonchev–Trinajstić information content (AvgIpc) is 3.96. The Balaban J connectivity index is 1.15. The van der Waals surface area contributed by atoms with E-state index in [4.69, 9.17) is 11.6 Å². The van der Waals surface area contributed by atoms with Crippen molar-refractivity contribution >= 4 is 28.7 Å². The van der Waals surface area contributed by atoms with Crippen molar-refractivity contribution in [1.29, 1.82) is 0 Å². The Kier molecular flexibility index (Phi) is 6.42. The van der Waals surface area contributed by atoms with Gasteiger partial charge in [-0.15, -0.1) is 0 Å². The number of halogens is 1. The van der Waals surface area contributed by atoms with Crippen LogP contribution in [0.4, 0.5) is 17.1 Å². The summed E-state index contributed by atoms with van der Waals surface area (Å²) >= 11 is 6.96. The van der Waals surface area contributed by atoms with Gasteiger partial charge in [0.15, 0.2) is 0 Å². The van der Waals surface area contributed by atoms with E-state index in [9.17, 15) is 0 Å². The number of hydrogen-bond acceptors (Lipinski definition) is 1. The molecule has 4 aliphatic rings. The van der Waals surface area contributed by atoms with E-state index >= 15 is 0 Å². The molecule has 2 spiro atoms. The molecule has 0 saturated carbocycles. The third-order valence-electron chi connectivity index (χ3n) is 13.5. The maximum atomic E-state index is 6.96. The highest BCUT2D eigenvalue weighted by atomic mass is 35.5. The monoisotopic (exact) mass is 755 g/mol. The topological polar surface area (TPSA) is 3.24 Å². The SMILES string of the molecule is Clc1cccc(N(c2cccc3c2-c2ccccc2C32c3ccccc3-c3ccccc32)c2cccc3c2-c2ccccc2C32c3ccccc3-c3ccccc32)c1. The summed E-state index contributed by atoms with van der Waals surface area (Å²) in [5, 5.41) is 0.702. The van der Waals surface area contributed by atoms with E-state index in [0.717, 1.165) is 17.1 Å². The molecule has 0 unspecified atom stereocenters. The van der Waals surface area contributed by atoms with Gasteiger partial charge in [-0.1, -0.05) is 188 Å². The first-order chi connectivity index (χ1) is 28.7. The molecule has 0 atom stereocenters. The molecule has 0 saturated heterocycles. The Morgan fingerprint density at radius 1 is 0.293 bits per heavy atom. The standard InChI is InChI=1S/C56H34ClN/c57-35-16-13-17-36(34-35)58(51-32-14-30-49-53(51)41-22-5-11-28-47(41)55(49)43-24-7-1-18-37(43)38-19-2-8-25-44(38)55)52-33-15-31-50-54(52)42-23-6-12-29-48(42)56(50)45-26-9-3-20-39(45)40-21-4-10-27-46(40)56/h1-34H. The lowest BCUT2D eigenvalue weighted by atomic mass is 9.70. The lowest BCUT2D eigenvalue weighted by Crippen LogP contribution is -2.26. The second kappa shape index (κ2) is 11.6. The smallest absolute Gasteiger partial charge is 0.0726 e. The first-order valence-electron chi connectivity index (χ1n) is 20.1. The van der Waals surface area contributed by atoms with Crippen molar-refractivity contribution in [2.75, 3.05) is 4.90 Å². The molecule has 58 heavy (non-hydrogen) atoms. The van der Waals surface area contributed by atoms with Crippen LogP contribution in [0.2, 0.25) is 5.02 Å². The molecule has 13 rings (SSSR count). The molecule has 0 amide bonds. The second-order valence-corrected chi connectivity index (χ2v) is 16.4. The highest BCUT2D eigenvalue weighted by Gasteiger charge is 2.54. The van der Waals surface area contributed by atoms with Crippen LogP contribution in [0.5, 0.6) is 0 Å². The summed E-state index contributed by atoms with van der Waals surface area (Å²) in [6, 6.07) is 76.6. The fourth-order valence-corrected chi connectivity index (χ4v) is 11.8. The Morgan fingerprint density at radius 3 is 0.983 bits per heavy atom. The van der Waals surface area contributed by atoms with E-state index in [1.54, 1.807) is 0 Å². The van der Waals surface area contributed by atoms with Crippen molar-refractivity contribution in [2.45, 2.75) is 10.8 Å². The van der Waals surface area contributed by atoms with Crippen LogP contribution in [-0.2, 0) is 10.8 Å². The maximum Gasteiger partial charge on any atom is 0.0726 e. The molecule has 0 fully saturated rings. The molecule has 9 aromatic carbocycles. The number of rotatable bonds is 3. The highest BCUT2D eigenvalue weighted by Crippen LogP contribution is 2.67. The minimum absolute atomic E-state index is 0.457. The zero-order valence-corrected chi connectivity index (χ0v) is 32.2. The van der Waals surface area contributed by atoms with Crippen LogP contribution < -0.4 is 4.90 Å². The zero-order chi connectivity index (χ0) is 38.2. The van der Waals surface area contributed by atoms with Gasteiger partial charge < -0.3 is 4.90 Å². The van der Waals surface area contributed by atoms with Gasteiger partial charge in [0, 0.05) is 21.8 Å². The van der Waals surface area contributed by atoms with Crippen LogP contribution in [0.25, 0.3) is 44.5 Å². The van der Waals surface area contributed by atoms with Crippen LogP contribution in [0.1, 0.15) is 44.5 Å². The third kappa shape index (κ3) is 3.79. The molecule has 0 N–H and O–H groups in total. The molecule has 9 aromatic rings. The van der Waals surface area contributed by atoms with Gasteiger partial charge >= 0.3 is 0 Å². The zero-order valence-electron chi connectivity index (χ0n) is 31.5. The summed E-state index contributed by atoms with van der Waals surface area (Å²) in [5.41, 5.74) is 23.2. The molecule has 0 radical (unpaired) electrons. The van der Waals surface area contributed by atoms with E-state index in [0.29, 0.717) is 5.02 Å². The molecule has 270 valence electrons. The van der Waals surface area contributed by atoms with Gasteiger partial charge in [-0.25, -0.2) is 0 Å². The largest absolute Gasteiger partial charge is 0.309 e. The fraction of sp³-hybridized carbons (Fsp3) is 0.0357. The van der Waals surface area contributed by atoms with E-state index < -0.39 is 10.8 Å². The van der Waals surface area contributed by atoms with Crippen molar-refractivity contribution in [1.82, 2.24) is 0 Å². The van der Waals surface area contributed by atoms with Crippen LogP contribution in [0.15, 0.2) is 206 Å². The number of hydrogen-bond donors (Lipinski definition) is 0. The molecule has 4 aliphatic carbocycles. The van der Waals surface area contributed by atoms with E-state index in [-0.39, 0.29) is 0 Å². The third-order valence-corrected chi connectivity index (χ3v) is 13.8. The van der Waals surface area contributed by atoms with Gasteiger partial charge in [-0.05, 0) is 108 Å². The van der Waals surface area contributed by atoms with E-state index in [2.05, 4.69) is 205 Å². The summed E-state index contributed by atoms with van der Waals surface area (Å²) < 4.78 is 0. The van der Waals surface area contributed by atoms with E-state index in [1.807, 2.05) is 6.07 Å². The normalized spacial score (nSPS) is 14.6. The predicted octanol–water partition coefficient (Wildman–Crippen LogP) is 14.5. The molecule has 0 heterocycles. The van der Waals surface area contributed by atoms with Gasteiger partial charge in [0.05, 0.1) is 22.2 Å². The molecule has 0 aliphatic heterocycles. The molecular formula is C56H34ClN. The molecule has 0 aromatic heterocycles. The second-order valence-electron chi connectivity index (χ2n) is 16.0. The van der Waals surface area contributed by atoms with Crippen molar-refractivity contribution < 1.29 is 0 Å². The minimum Gasteiger partial charge on any atom is -0.309 e. The average molecular weight is 756 g/mol. The van der Waals surface area contributed by atoms with Crippen LogP contribution >= 0.6 is 11.6 Å². The summed E-state index contributed by atoms with van der Waals surface area (Å²) in [6.07, 6.45) is 0. The van der Waals surface area contributed by atoms with Gasteiger partial charge in [-0.3, -0.25) is 0 Å².